The molecule has 0 aliphatic heterocycles. The van der Waals surface area contributed by atoms with Crippen molar-refractivity contribution in [2.75, 3.05) is 5.73 Å². The molecule has 0 aliphatic carbocycles. The van der Waals surface area contributed by atoms with E-state index < -0.39 is 23.5 Å². The molecule has 34 heavy (non-hydrogen) atoms. The molecular formula is C25H18ClF2N3O3. The van der Waals surface area contributed by atoms with Crippen molar-refractivity contribution in [1.29, 1.82) is 0 Å². The quantitative estimate of drug-likeness (QED) is 0.349. The maximum atomic E-state index is 14.0. The molecule has 0 saturated carbocycles. The molecule has 4 rings (SSSR count). The lowest BCUT2D eigenvalue weighted by Gasteiger charge is -2.17. The van der Waals surface area contributed by atoms with Gasteiger partial charge >= 0.3 is 5.97 Å². The normalized spacial score (nSPS) is 11.9. The van der Waals surface area contributed by atoms with Crippen LogP contribution in [-0.4, -0.2) is 26.6 Å². The molecule has 0 fully saturated rings. The summed E-state index contributed by atoms with van der Waals surface area (Å²) in [7, 11) is 0. The number of nitrogens with zero attached hydrogens (tertiary/aromatic N) is 2. The number of ketones is 1. The van der Waals surface area contributed by atoms with E-state index in [1.807, 2.05) is 0 Å². The van der Waals surface area contributed by atoms with Crippen molar-refractivity contribution in [2.45, 2.75) is 12.3 Å². The Morgan fingerprint density at radius 2 is 1.68 bits per heavy atom. The fourth-order valence-electron chi connectivity index (χ4n) is 3.64. The van der Waals surface area contributed by atoms with E-state index in [2.05, 4.69) is 5.10 Å². The van der Waals surface area contributed by atoms with Crippen molar-refractivity contribution in [1.82, 2.24) is 9.78 Å². The molecule has 3 aromatic carbocycles. The second kappa shape index (κ2) is 9.44. The van der Waals surface area contributed by atoms with Crippen LogP contribution in [0.25, 0.3) is 5.69 Å². The zero-order valence-corrected chi connectivity index (χ0v) is 18.3. The second-order valence-electron chi connectivity index (χ2n) is 7.63. The van der Waals surface area contributed by atoms with E-state index >= 15 is 0 Å². The lowest BCUT2D eigenvalue weighted by atomic mass is 9.85. The third-order valence-electron chi connectivity index (χ3n) is 5.45. The van der Waals surface area contributed by atoms with E-state index in [0.29, 0.717) is 21.8 Å². The Hall–Kier alpha value is -4.04. The number of halogens is 3. The number of Topliss-reactive ketones (excluding diaryl/α,β-unsaturated/α-hetero) is 1. The van der Waals surface area contributed by atoms with Gasteiger partial charge in [0.25, 0.3) is 0 Å². The van der Waals surface area contributed by atoms with Crippen LogP contribution < -0.4 is 5.73 Å². The van der Waals surface area contributed by atoms with Crippen LogP contribution in [0.1, 0.15) is 37.8 Å². The molecular weight excluding hydrogens is 464 g/mol. The first-order chi connectivity index (χ1) is 16.2. The molecule has 0 bridgehead atoms. The summed E-state index contributed by atoms with van der Waals surface area (Å²) in [5.41, 5.74) is 7.76. The SMILES string of the molecule is Nc1c(C(=O)O)cnn1-c1ccc(CC(C(=O)c2ccc(Cl)cc2)c2ccc(F)c(F)c2)cc1. The van der Waals surface area contributed by atoms with Gasteiger partial charge in [0.2, 0.25) is 0 Å². The third kappa shape index (κ3) is 4.67. The predicted molar refractivity (Wildman–Crippen MR) is 124 cm³/mol. The number of aromatic nitrogens is 2. The van der Waals surface area contributed by atoms with Gasteiger partial charge in [0.1, 0.15) is 11.4 Å². The Kier molecular flexibility index (Phi) is 6.43. The highest BCUT2D eigenvalue weighted by Gasteiger charge is 2.24. The van der Waals surface area contributed by atoms with Gasteiger partial charge in [-0.05, 0) is 66.1 Å². The Labute approximate surface area is 198 Å². The fourth-order valence-corrected chi connectivity index (χ4v) is 3.77. The summed E-state index contributed by atoms with van der Waals surface area (Å²) in [5.74, 6) is -4.29. The molecule has 6 nitrogen and oxygen atoms in total. The highest BCUT2D eigenvalue weighted by Crippen LogP contribution is 2.28. The number of hydrogen-bond donors (Lipinski definition) is 2. The number of carboxylic acid groups (broad SMARTS) is 1. The van der Waals surface area contributed by atoms with Crippen LogP contribution in [0, 0.1) is 11.6 Å². The molecule has 4 aromatic rings. The number of anilines is 1. The highest BCUT2D eigenvalue weighted by molar-refractivity contribution is 6.30. The number of hydrogen-bond acceptors (Lipinski definition) is 4. The number of aromatic carboxylic acids is 1. The second-order valence-corrected chi connectivity index (χ2v) is 8.06. The van der Waals surface area contributed by atoms with Crippen LogP contribution in [0.5, 0.6) is 0 Å². The Balaban J connectivity index is 1.66. The molecule has 0 spiro atoms. The van der Waals surface area contributed by atoms with Crippen LogP contribution in [0.2, 0.25) is 5.02 Å². The van der Waals surface area contributed by atoms with Crippen molar-refractivity contribution in [3.05, 3.63) is 112 Å². The van der Waals surface area contributed by atoms with Gasteiger partial charge in [-0.25, -0.2) is 18.3 Å². The van der Waals surface area contributed by atoms with E-state index in [1.54, 1.807) is 48.5 Å². The van der Waals surface area contributed by atoms with Crippen LogP contribution in [-0.2, 0) is 6.42 Å². The van der Waals surface area contributed by atoms with Gasteiger partial charge in [-0.1, -0.05) is 29.8 Å². The molecule has 1 aromatic heterocycles. The maximum Gasteiger partial charge on any atom is 0.341 e. The number of nitrogen functional groups attached to an aromatic ring is 1. The fraction of sp³-hybridized carbons (Fsp3) is 0.0800. The average molecular weight is 482 g/mol. The number of carbonyl (C=O) groups is 2. The topological polar surface area (TPSA) is 98.2 Å². The first-order valence-corrected chi connectivity index (χ1v) is 10.5. The number of carboxylic acids is 1. The molecule has 9 heteroatoms. The summed E-state index contributed by atoms with van der Waals surface area (Å²) >= 11 is 5.93. The Bertz CT molecular complexity index is 1370. The molecule has 172 valence electrons. The Morgan fingerprint density at radius 1 is 1.00 bits per heavy atom. The van der Waals surface area contributed by atoms with Crippen molar-refractivity contribution in [3.8, 4) is 5.69 Å². The largest absolute Gasteiger partial charge is 0.477 e. The van der Waals surface area contributed by atoms with Crippen molar-refractivity contribution in [3.63, 3.8) is 0 Å². The average Bonchev–Trinajstić information content (AvgIpc) is 3.21. The summed E-state index contributed by atoms with van der Waals surface area (Å²) < 4.78 is 28.8. The van der Waals surface area contributed by atoms with Crippen LogP contribution in [0.15, 0.2) is 72.9 Å². The van der Waals surface area contributed by atoms with Gasteiger partial charge in [-0.15, -0.1) is 0 Å². The molecule has 0 saturated heterocycles. The van der Waals surface area contributed by atoms with Crippen molar-refractivity contribution < 1.29 is 23.5 Å². The van der Waals surface area contributed by atoms with E-state index in [9.17, 15) is 18.4 Å². The van der Waals surface area contributed by atoms with Gasteiger partial charge in [0, 0.05) is 10.6 Å². The molecule has 0 aliphatic rings. The Morgan fingerprint density at radius 3 is 2.26 bits per heavy atom. The lowest BCUT2D eigenvalue weighted by Crippen LogP contribution is -2.16. The standard InChI is InChI=1S/C25H18ClF2N3O3/c26-17-6-3-15(4-7-17)23(32)19(16-5-10-21(27)22(28)12-16)11-14-1-8-18(9-2-14)31-24(29)20(13-30-31)25(33)34/h1-10,12-13,19H,11,29H2,(H,33,34). The number of benzene rings is 3. The zero-order valence-electron chi connectivity index (χ0n) is 17.6. The zero-order chi connectivity index (χ0) is 24.4. The molecule has 1 unspecified atom stereocenters. The summed E-state index contributed by atoms with van der Waals surface area (Å²) in [5, 5.41) is 13.6. The van der Waals surface area contributed by atoms with Crippen LogP contribution in [0.3, 0.4) is 0 Å². The monoisotopic (exact) mass is 481 g/mol. The van der Waals surface area contributed by atoms with E-state index in [1.165, 1.54) is 10.7 Å². The number of carbonyl (C=O) groups excluding carboxylic acids is 1. The van der Waals surface area contributed by atoms with Crippen LogP contribution >= 0.6 is 11.6 Å². The highest BCUT2D eigenvalue weighted by atomic mass is 35.5. The minimum Gasteiger partial charge on any atom is -0.477 e. The summed E-state index contributed by atoms with van der Waals surface area (Å²) in [6.45, 7) is 0. The maximum absolute atomic E-state index is 14.0. The molecule has 0 radical (unpaired) electrons. The molecule has 3 N–H and O–H groups in total. The predicted octanol–water partition coefficient (Wildman–Crippen LogP) is 5.29. The van der Waals surface area contributed by atoms with Crippen LogP contribution in [0.4, 0.5) is 14.6 Å². The number of nitrogens with two attached hydrogens (primary N) is 1. The van der Waals surface area contributed by atoms with Gasteiger partial charge in [-0.2, -0.15) is 5.10 Å². The molecule has 1 atom stereocenters. The van der Waals surface area contributed by atoms with E-state index in [0.717, 1.165) is 23.9 Å². The summed E-state index contributed by atoms with van der Waals surface area (Å²) in [4.78, 5) is 24.5. The smallest absolute Gasteiger partial charge is 0.341 e. The third-order valence-corrected chi connectivity index (χ3v) is 5.70. The first kappa shape index (κ1) is 23.1. The van der Waals surface area contributed by atoms with Gasteiger partial charge in [-0.3, -0.25) is 4.79 Å². The van der Waals surface area contributed by atoms with E-state index in [-0.39, 0.29) is 23.6 Å². The van der Waals surface area contributed by atoms with Gasteiger partial charge < -0.3 is 10.8 Å². The lowest BCUT2D eigenvalue weighted by molar-refractivity contribution is 0.0697. The minimum atomic E-state index is -1.18. The van der Waals surface area contributed by atoms with Gasteiger partial charge in [0.15, 0.2) is 17.4 Å². The summed E-state index contributed by atoms with van der Waals surface area (Å²) in [6.07, 6.45) is 1.37. The summed E-state index contributed by atoms with van der Waals surface area (Å²) in [6, 6.07) is 16.6. The van der Waals surface area contributed by atoms with Crippen molar-refractivity contribution >= 4 is 29.2 Å². The van der Waals surface area contributed by atoms with Crippen molar-refractivity contribution in [2.24, 2.45) is 0 Å². The first-order valence-electron chi connectivity index (χ1n) is 10.2. The van der Waals surface area contributed by atoms with E-state index in [4.69, 9.17) is 22.4 Å². The molecule has 1 heterocycles. The molecule has 0 amide bonds. The minimum absolute atomic E-state index is 0.0159. The van der Waals surface area contributed by atoms with Gasteiger partial charge in [0.05, 0.1) is 17.8 Å². The number of rotatable bonds is 7.